The lowest BCUT2D eigenvalue weighted by molar-refractivity contribution is -0.118. The number of aliphatic imine (C=N–C) groups is 1. The first kappa shape index (κ1) is 22.2. The Morgan fingerprint density at radius 3 is 2.53 bits per heavy atom. The summed E-state index contributed by atoms with van der Waals surface area (Å²) in [4.78, 5) is 16.3. The summed E-state index contributed by atoms with van der Waals surface area (Å²) in [5.74, 6) is 1.76. The van der Waals surface area contributed by atoms with E-state index in [2.05, 4.69) is 39.1 Å². The van der Waals surface area contributed by atoms with Crippen LogP contribution >= 0.6 is 0 Å². The first-order valence-corrected chi connectivity index (χ1v) is 11.6. The number of fused-ring (bicyclic) bond motifs is 1. The van der Waals surface area contributed by atoms with E-state index in [0.29, 0.717) is 6.54 Å². The van der Waals surface area contributed by atoms with Gasteiger partial charge in [0.2, 0.25) is 5.91 Å². The summed E-state index contributed by atoms with van der Waals surface area (Å²) in [6, 6.07) is 16.4. The molecular formula is C26H34N4O2. The molecule has 1 spiro atoms. The van der Waals surface area contributed by atoms with Crippen molar-refractivity contribution < 1.29 is 9.53 Å². The lowest BCUT2D eigenvalue weighted by atomic mass is 9.86. The first-order valence-electron chi connectivity index (χ1n) is 11.6. The molecule has 1 atom stereocenters. The fourth-order valence-corrected chi connectivity index (χ4v) is 4.61. The normalized spacial score (nSPS) is 19.4. The molecule has 1 saturated carbocycles. The van der Waals surface area contributed by atoms with Gasteiger partial charge in [-0.1, -0.05) is 44.2 Å². The molecule has 0 bridgehead atoms. The van der Waals surface area contributed by atoms with Crippen molar-refractivity contribution in [2.24, 2.45) is 10.9 Å². The second kappa shape index (κ2) is 9.63. The predicted molar refractivity (Wildman–Crippen MR) is 129 cm³/mol. The van der Waals surface area contributed by atoms with Gasteiger partial charge in [0.25, 0.3) is 0 Å². The van der Waals surface area contributed by atoms with Gasteiger partial charge in [-0.3, -0.25) is 9.79 Å². The van der Waals surface area contributed by atoms with Gasteiger partial charge < -0.3 is 20.7 Å². The van der Waals surface area contributed by atoms with Crippen LogP contribution in [0.2, 0.25) is 0 Å². The van der Waals surface area contributed by atoms with E-state index in [1.165, 1.54) is 18.4 Å². The lowest BCUT2D eigenvalue weighted by Gasteiger charge is -2.40. The molecule has 1 amide bonds. The Balaban J connectivity index is 1.39. The minimum absolute atomic E-state index is 0.0252. The van der Waals surface area contributed by atoms with Crippen LogP contribution in [0.5, 0.6) is 5.75 Å². The molecule has 2 aromatic carbocycles. The summed E-state index contributed by atoms with van der Waals surface area (Å²) >= 11 is 0. The van der Waals surface area contributed by atoms with E-state index >= 15 is 0 Å². The van der Waals surface area contributed by atoms with Crippen molar-refractivity contribution in [3.8, 4) is 5.75 Å². The molecule has 4 rings (SSSR count). The number of hydrogen-bond donors (Lipinski definition) is 3. The largest absolute Gasteiger partial charge is 0.487 e. The molecule has 0 radical (unpaired) electrons. The van der Waals surface area contributed by atoms with Crippen LogP contribution in [0, 0.1) is 5.92 Å². The number of hydrogen-bond acceptors (Lipinski definition) is 3. The van der Waals surface area contributed by atoms with Crippen LogP contribution in [-0.4, -0.2) is 24.5 Å². The number of carbonyl (C=O) groups excluding carboxylic acids is 1. The van der Waals surface area contributed by atoms with Crippen molar-refractivity contribution in [3.63, 3.8) is 0 Å². The smallest absolute Gasteiger partial charge is 0.226 e. The van der Waals surface area contributed by atoms with Crippen molar-refractivity contribution in [3.05, 3.63) is 59.7 Å². The summed E-state index contributed by atoms with van der Waals surface area (Å²) < 4.78 is 6.48. The van der Waals surface area contributed by atoms with Gasteiger partial charge in [0.15, 0.2) is 5.96 Å². The van der Waals surface area contributed by atoms with Crippen LogP contribution in [-0.2, 0) is 11.3 Å². The van der Waals surface area contributed by atoms with Crippen LogP contribution in [0.4, 0.5) is 5.69 Å². The zero-order valence-electron chi connectivity index (χ0n) is 19.3. The highest BCUT2D eigenvalue weighted by Gasteiger charge is 2.43. The minimum atomic E-state index is -0.0544. The molecule has 1 unspecified atom stereocenters. The van der Waals surface area contributed by atoms with E-state index in [4.69, 9.17) is 4.74 Å². The molecule has 3 N–H and O–H groups in total. The SMILES string of the molecule is CN=C(NCc1ccc(NC(=O)C(C)C)cc1)NC1CC2(CCCC2)Oc2ccccc21. The van der Waals surface area contributed by atoms with E-state index < -0.39 is 0 Å². The highest BCUT2D eigenvalue weighted by Crippen LogP contribution is 2.46. The second-order valence-electron chi connectivity index (χ2n) is 9.20. The number of nitrogens with zero attached hydrogens (tertiary/aromatic N) is 1. The molecule has 6 nitrogen and oxygen atoms in total. The number of anilines is 1. The van der Waals surface area contributed by atoms with Gasteiger partial charge in [-0.05, 0) is 49.4 Å². The van der Waals surface area contributed by atoms with E-state index in [-0.39, 0.29) is 23.5 Å². The molecule has 1 fully saturated rings. The summed E-state index contributed by atoms with van der Waals surface area (Å²) in [5, 5.41) is 9.99. The summed E-state index contributed by atoms with van der Waals surface area (Å²) in [5.41, 5.74) is 3.07. The molecule has 32 heavy (non-hydrogen) atoms. The molecule has 1 aliphatic heterocycles. The van der Waals surface area contributed by atoms with E-state index in [0.717, 1.165) is 42.2 Å². The molecule has 2 aromatic rings. The molecule has 6 heteroatoms. The average molecular weight is 435 g/mol. The Hall–Kier alpha value is -3.02. The van der Waals surface area contributed by atoms with Crippen LogP contribution in [0.25, 0.3) is 0 Å². The third-order valence-corrected chi connectivity index (χ3v) is 6.45. The van der Waals surface area contributed by atoms with Crippen LogP contribution in [0.15, 0.2) is 53.5 Å². The zero-order valence-corrected chi connectivity index (χ0v) is 19.3. The van der Waals surface area contributed by atoms with Crippen LogP contribution in [0.1, 0.15) is 63.1 Å². The third-order valence-electron chi connectivity index (χ3n) is 6.45. The third kappa shape index (κ3) is 5.06. The summed E-state index contributed by atoms with van der Waals surface area (Å²) in [6.07, 6.45) is 5.65. The Kier molecular flexibility index (Phi) is 6.68. The van der Waals surface area contributed by atoms with Gasteiger partial charge >= 0.3 is 0 Å². The van der Waals surface area contributed by atoms with E-state index in [1.54, 1.807) is 7.05 Å². The van der Waals surface area contributed by atoms with Crippen molar-refractivity contribution in [1.29, 1.82) is 0 Å². The average Bonchev–Trinajstić information content (AvgIpc) is 3.24. The number of rotatable bonds is 5. The maximum Gasteiger partial charge on any atom is 0.226 e. The number of amides is 1. The van der Waals surface area contributed by atoms with Crippen LogP contribution < -0.4 is 20.7 Å². The number of benzene rings is 2. The highest BCUT2D eigenvalue weighted by atomic mass is 16.5. The minimum Gasteiger partial charge on any atom is -0.487 e. The van der Waals surface area contributed by atoms with Gasteiger partial charge in [-0.25, -0.2) is 0 Å². The topological polar surface area (TPSA) is 74.8 Å². The predicted octanol–water partition coefficient (Wildman–Crippen LogP) is 4.78. The number of para-hydroxylation sites is 1. The van der Waals surface area contributed by atoms with Gasteiger partial charge in [0, 0.05) is 37.2 Å². The summed E-state index contributed by atoms with van der Waals surface area (Å²) in [7, 11) is 1.80. The molecule has 0 saturated heterocycles. The van der Waals surface area contributed by atoms with E-state index in [1.807, 2.05) is 44.2 Å². The van der Waals surface area contributed by atoms with Gasteiger partial charge in [-0.15, -0.1) is 0 Å². The van der Waals surface area contributed by atoms with Gasteiger partial charge in [-0.2, -0.15) is 0 Å². The van der Waals surface area contributed by atoms with Crippen molar-refractivity contribution in [2.75, 3.05) is 12.4 Å². The van der Waals surface area contributed by atoms with E-state index in [9.17, 15) is 4.79 Å². The highest BCUT2D eigenvalue weighted by molar-refractivity contribution is 5.92. The Morgan fingerprint density at radius 1 is 1.12 bits per heavy atom. The quantitative estimate of drug-likeness (QED) is 0.468. The monoisotopic (exact) mass is 434 g/mol. The maximum atomic E-state index is 11.9. The Bertz CT molecular complexity index is 962. The number of nitrogens with one attached hydrogen (secondary N) is 3. The van der Waals surface area contributed by atoms with Crippen molar-refractivity contribution in [2.45, 2.75) is 64.1 Å². The fourth-order valence-electron chi connectivity index (χ4n) is 4.61. The van der Waals surface area contributed by atoms with Gasteiger partial charge in [0.05, 0.1) is 6.04 Å². The van der Waals surface area contributed by atoms with Gasteiger partial charge in [0.1, 0.15) is 11.4 Å². The summed E-state index contributed by atoms with van der Waals surface area (Å²) in [6.45, 7) is 4.42. The lowest BCUT2D eigenvalue weighted by Crippen LogP contribution is -2.46. The molecule has 170 valence electrons. The first-order chi connectivity index (χ1) is 15.5. The molecular weight excluding hydrogens is 400 g/mol. The number of ether oxygens (including phenoxy) is 1. The fraction of sp³-hybridized carbons (Fsp3) is 0.462. The number of guanidine groups is 1. The Labute approximate surface area is 190 Å². The maximum absolute atomic E-state index is 11.9. The van der Waals surface area contributed by atoms with Crippen LogP contribution in [0.3, 0.4) is 0 Å². The molecule has 0 aromatic heterocycles. The Morgan fingerprint density at radius 2 is 1.84 bits per heavy atom. The molecule has 1 heterocycles. The number of carbonyl (C=O) groups is 1. The second-order valence-corrected chi connectivity index (χ2v) is 9.20. The van der Waals surface area contributed by atoms with Crippen molar-refractivity contribution in [1.82, 2.24) is 10.6 Å². The van der Waals surface area contributed by atoms with Crippen molar-refractivity contribution >= 4 is 17.6 Å². The molecule has 2 aliphatic rings. The molecule has 1 aliphatic carbocycles. The zero-order chi connectivity index (χ0) is 22.6. The standard InChI is InChI=1S/C26H34N4O2/c1-18(2)24(31)29-20-12-10-19(11-13-20)17-28-25(27-3)30-22-16-26(14-6-7-15-26)32-23-9-5-4-8-21(22)23/h4-5,8-13,18,22H,6-7,14-17H2,1-3H3,(H,29,31)(H2,27,28,30).